The highest BCUT2D eigenvalue weighted by Gasteiger charge is 2.67. The molecule has 0 amide bonds. The van der Waals surface area contributed by atoms with Crippen molar-refractivity contribution in [3.05, 3.63) is 71.8 Å². The van der Waals surface area contributed by atoms with Gasteiger partial charge in [-0.05, 0) is 295 Å². The third-order valence-corrected chi connectivity index (χ3v) is 28.7. The van der Waals surface area contributed by atoms with Gasteiger partial charge in [0.2, 0.25) is 0 Å². The first-order valence-electron chi connectivity index (χ1n) is 35.8. The van der Waals surface area contributed by atoms with Crippen molar-refractivity contribution in [1.82, 2.24) is 0 Å². The van der Waals surface area contributed by atoms with Crippen LogP contribution in [0.15, 0.2) is 60.7 Å². The van der Waals surface area contributed by atoms with Gasteiger partial charge in [0.05, 0.1) is 11.7 Å². The van der Waals surface area contributed by atoms with Crippen molar-refractivity contribution in [2.75, 3.05) is 0 Å². The van der Waals surface area contributed by atoms with Crippen LogP contribution in [0, 0.1) is 105 Å². The summed E-state index contributed by atoms with van der Waals surface area (Å²) in [6.07, 6.45) is 21.0. The fourth-order valence-corrected chi connectivity index (χ4v) is 23.3. The maximum atomic E-state index is 13.8. The Morgan fingerprint density at radius 2 is 0.899 bits per heavy atom. The number of esters is 1. The summed E-state index contributed by atoms with van der Waals surface area (Å²) in [7, 11) is 0. The van der Waals surface area contributed by atoms with Crippen LogP contribution in [0.1, 0.15) is 268 Å². The molecule has 89 heavy (non-hydrogen) atoms. The molecule has 3 N–H and O–H groups in total. The van der Waals surface area contributed by atoms with Crippen molar-refractivity contribution in [3.8, 4) is 0 Å². The Balaban J connectivity index is 0.000000174. The molecule has 0 radical (unpaired) electrons. The Hall–Kier alpha value is -2.67. The summed E-state index contributed by atoms with van der Waals surface area (Å²) in [5.41, 5.74) is -3.37. The predicted octanol–water partition coefficient (Wildman–Crippen LogP) is 20.5. The molecule has 0 aromatic heterocycles. The van der Waals surface area contributed by atoms with Crippen molar-refractivity contribution in [3.63, 3.8) is 0 Å². The number of hydrogen-bond acceptors (Lipinski definition) is 6. The molecule has 13 heteroatoms. The normalized spacial score (nSPS) is 40.3. The van der Waals surface area contributed by atoms with E-state index in [0.717, 1.165) is 83.5 Å². The van der Waals surface area contributed by atoms with Crippen LogP contribution >= 0.6 is 11.6 Å². The van der Waals surface area contributed by atoms with Gasteiger partial charge in [0.15, 0.2) is 11.2 Å². The minimum atomic E-state index is -4.54. The number of aliphatic hydroxyl groups excluding tert-OH is 1. The standard InChI is InChI=1S/C38H55F3O3.C31H51F3O2.C7H5ClO/c1-25(14-19-33(26-10-6-4-7-11-26)44-34(42)27-12-8-5-9-13-27)30-17-18-31-29-16-15-28-24-37(43,38(39,40)41)23-22-35(28,2)32(29)20-21-36(30,31)3;1-20(9-14-27(35)21-7-5-4-6-8-21)24-12-13-25-23-11-10-22-19-30(36,31(32,33)34)18-17-28(22,2)26(23)15-16-29(24,25)3;8-7(9)6-4-2-1-3-5-6/h5,8-9,12-13,25-26,28-33,43H,4,6-7,10-11,14-24H2,1-3H3;20-27,35-36H,4-19H2,1-3H3;1-5H/t25-,28+,29+,30-,31+,32+,33?,35+,36-,37+;20-,22+,23+,24-,25+,26+,27?,28+,29-,30+;/m11./s1. The second-order valence-corrected chi connectivity index (χ2v) is 33.0. The van der Waals surface area contributed by atoms with Crippen LogP contribution in [-0.2, 0) is 4.74 Å². The maximum Gasteiger partial charge on any atom is 0.417 e. The number of halogens is 7. The van der Waals surface area contributed by atoms with Gasteiger partial charge in [0.1, 0.15) is 6.10 Å². The van der Waals surface area contributed by atoms with Gasteiger partial charge >= 0.3 is 18.3 Å². The largest absolute Gasteiger partial charge is 0.458 e. The molecule has 0 bridgehead atoms. The topological polar surface area (TPSA) is 104 Å². The smallest absolute Gasteiger partial charge is 0.417 e. The van der Waals surface area contributed by atoms with E-state index in [2.05, 4.69) is 41.5 Å². The Labute approximate surface area is 535 Å². The highest BCUT2D eigenvalue weighted by atomic mass is 35.5. The lowest BCUT2D eigenvalue weighted by Crippen LogP contribution is -2.59. The van der Waals surface area contributed by atoms with Crippen LogP contribution in [0.5, 0.6) is 0 Å². The minimum Gasteiger partial charge on any atom is -0.458 e. The summed E-state index contributed by atoms with van der Waals surface area (Å²) in [5.74, 6) is 6.75. The monoisotopic (exact) mass is 1270 g/mol. The summed E-state index contributed by atoms with van der Waals surface area (Å²) >= 11 is 5.16. The first-order valence-corrected chi connectivity index (χ1v) is 36.2. The van der Waals surface area contributed by atoms with Crippen LogP contribution < -0.4 is 0 Å². The molecule has 500 valence electrons. The second-order valence-electron chi connectivity index (χ2n) is 32.7. The fourth-order valence-electron chi connectivity index (χ4n) is 23.2. The number of ether oxygens (including phenoxy) is 1. The van der Waals surface area contributed by atoms with E-state index < -0.39 is 28.8 Å². The van der Waals surface area contributed by atoms with Gasteiger partial charge in [-0.25, -0.2) is 4.79 Å². The highest BCUT2D eigenvalue weighted by Crippen LogP contribution is 2.72. The fraction of sp³-hybridized carbons (Fsp3) is 0.816. The number of carbonyl (C=O) groups is 2. The van der Waals surface area contributed by atoms with Crippen LogP contribution in [0.2, 0.25) is 0 Å². The molecular formula is C76H111ClF6O6. The van der Waals surface area contributed by atoms with Crippen molar-refractivity contribution in [2.45, 2.75) is 283 Å². The number of aliphatic hydroxyl groups is 3. The molecule has 10 aliphatic carbocycles. The van der Waals surface area contributed by atoms with E-state index in [1.807, 2.05) is 36.4 Å². The van der Waals surface area contributed by atoms with E-state index in [9.17, 15) is 51.3 Å². The first kappa shape index (κ1) is 69.2. The Morgan fingerprint density at radius 1 is 0.494 bits per heavy atom. The zero-order valence-electron chi connectivity index (χ0n) is 54.9. The van der Waals surface area contributed by atoms with Gasteiger partial charge in [-0.1, -0.05) is 129 Å². The SMILES string of the molecule is C[C@H](CCC(O)C1CCCCC1)[C@H]1CC[C@H]2[C@@H]3CC[C@H]4C[C@](O)(C(F)(F)F)CC[C@]4(C)[C@H]3CC[C@]12C.C[C@H](CCC(OC(=O)c1ccccc1)C1CCCCC1)[C@H]1CC[C@H]2[C@@H]3CC[C@H]4C[C@](O)(C(F)(F)F)CC[C@]4(C)[C@H]3CC[C@]12C.O=C(Cl)c1ccccc1. The zero-order chi connectivity index (χ0) is 64.0. The summed E-state index contributed by atoms with van der Waals surface area (Å²) in [6, 6.07) is 18.1. The number of benzene rings is 2. The number of rotatable bonds is 13. The third kappa shape index (κ3) is 14.1. The lowest BCUT2D eigenvalue weighted by atomic mass is 9.43. The van der Waals surface area contributed by atoms with Gasteiger partial charge < -0.3 is 20.1 Å². The lowest BCUT2D eigenvalue weighted by molar-refractivity contribution is -0.290. The summed E-state index contributed by atoms with van der Waals surface area (Å²) in [6.45, 7) is 14.5. The van der Waals surface area contributed by atoms with Gasteiger partial charge in [-0.2, -0.15) is 26.3 Å². The van der Waals surface area contributed by atoms with Gasteiger partial charge in [0, 0.05) is 5.56 Å². The molecule has 6 nitrogen and oxygen atoms in total. The van der Waals surface area contributed by atoms with Gasteiger partial charge in [0.25, 0.3) is 5.24 Å². The Kier molecular flexibility index (Phi) is 21.4. The lowest BCUT2D eigenvalue weighted by Gasteiger charge is -2.62. The predicted molar refractivity (Wildman–Crippen MR) is 341 cm³/mol. The summed E-state index contributed by atoms with van der Waals surface area (Å²) in [4.78, 5) is 23.5. The molecule has 0 aliphatic heterocycles. The van der Waals surface area contributed by atoms with Crippen molar-refractivity contribution < 1.29 is 56.0 Å². The maximum absolute atomic E-state index is 13.8. The van der Waals surface area contributed by atoms with Gasteiger partial charge in [-0.15, -0.1) is 0 Å². The Morgan fingerprint density at radius 3 is 1.31 bits per heavy atom. The third-order valence-electron chi connectivity index (χ3n) is 28.5. The van der Waals surface area contributed by atoms with Crippen LogP contribution in [0.4, 0.5) is 26.3 Å². The first-order chi connectivity index (χ1) is 42.0. The number of fused-ring (bicyclic) bond motifs is 10. The average molecular weight is 1270 g/mol. The molecule has 10 saturated carbocycles. The molecule has 20 atom stereocenters. The number of carbonyl (C=O) groups excluding carboxylic acids is 2. The molecular weight excluding hydrogens is 1160 g/mol. The zero-order valence-corrected chi connectivity index (χ0v) is 55.6. The minimum absolute atomic E-state index is 0.0131. The molecule has 10 fully saturated rings. The van der Waals surface area contributed by atoms with Gasteiger partial charge in [-0.3, -0.25) is 4.79 Å². The van der Waals surface area contributed by atoms with E-state index in [4.69, 9.17) is 16.3 Å². The Bertz CT molecular complexity index is 2640. The molecule has 10 aliphatic rings. The van der Waals surface area contributed by atoms with E-state index in [-0.39, 0.29) is 71.9 Å². The summed E-state index contributed by atoms with van der Waals surface area (Å²) in [5, 5.41) is 31.5. The second kappa shape index (κ2) is 27.6. The molecule has 2 aromatic rings. The van der Waals surface area contributed by atoms with Crippen molar-refractivity contribution in [2.24, 2.45) is 105 Å². The quantitative estimate of drug-likeness (QED) is 0.105. The number of hydrogen-bond donors (Lipinski definition) is 3. The van der Waals surface area contributed by atoms with Crippen molar-refractivity contribution >= 4 is 22.8 Å². The summed E-state index contributed by atoms with van der Waals surface area (Å²) < 4.78 is 88.5. The van der Waals surface area contributed by atoms with E-state index in [1.165, 1.54) is 83.5 Å². The molecule has 2 aromatic carbocycles. The molecule has 0 heterocycles. The molecule has 0 saturated heterocycles. The highest BCUT2D eigenvalue weighted by molar-refractivity contribution is 6.67. The van der Waals surface area contributed by atoms with E-state index >= 15 is 0 Å². The van der Waals surface area contributed by atoms with E-state index in [0.29, 0.717) is 100 Å². The van der Waals surface area contributed by atoms with Crippen LogP contribution in [0.25, 0.3) is 0 Å². The van der Waals surface area contributed by atoms with Crippen LogP contribution in [0.3, 0.4) is 0 Å². The average Bonchev–Trinajstić information content (AvgIpc) is 1.72. The van der Waals surface area contributed by atoms with Crippen LogP contribution in [-0.4, -0.2) is 62.3 Å². The molecule has 0 spiro atoms. The van der Waals surface area contributed by atoms with E-state index in [1.54, 1.807) is 24.3 Å². The molecule has 2 unspecified atom stereocenters. The van der Waals surface area contributed by atoms with Crippen molar-refractivity contribution in [1.29, 1.82) is 0 Å². The number of alkyl halides is 6. The molecule has 12 rings (SSSR count).